The zero-order valence-corrected chi connectivity index (χ0v) is 11.6. The van der Waals surface area contributed by atoms with Crippen LogP contribution in [-0.2, 0) is 4.79 Å². The van der Waals surface area contributed by atoms with Crippen molar-refractivity contribution < 1.29 is 19.8 Å². The molecular weight excluding hydrogens is 282 g/mol. The van der Waals surface area contributed by atoms with E-state index >= 15 is 0 Å². The molecule has 1 atom stereocenters. The van der Waals surface area contributed by atoms with E-state index in [0.717, 1.165) is 12.8 Å². The van der Waals surface area contributed by atoms with Gasteiger partial charge < -0.3 is 15.1 Å². The van der Waals surface area contributed by atoms with Gasteiger partial charge in [-0.15, -0.1) is 0 Å². The molecule has 0 bridgehead atoms. The van der Waals surface area contributed by atoms with Gasteiger partial charge in [0.1, 0.15) is 5.75 Å². The van der Waals surface area contributed by atoms with Gasteiger partial charge in [-0.05, 0) is 37.0 Å². The number of hydrogen-bond donors (Lipinski definition) is 2. The molecule has 20 heavy (non-hydrogen) atoms. The summed E-state index contributed by atoms with van der Waals surface area (Å²) in [7, 11) is 0. The molecule has 1 heterocycles. The van der Waals surface area contributed by atoms with Crippen molar-refractivity contribution in [3.8, 4) is 5.75 Å². The van der Waals surface area contributed by atoms with Gasteiger partial charge in [0, 0.05) is 25.1 Å². The van der Waals surface area contributed by atoms with Crippen LogP contribution in [0.3, 0.4) is 0 Å². The number of likely N-dealkylation sites (tertiary alicyclic amines) is 1. The summed E-state index contributed by atoms with van der Waals surface area (Å²) in [6.45, 7) is 1.07. The normalized spacial score (nSPS) is 18.9. The van der Waals surface area contributed by atoms with Crippen LogP contribution in [-0.4, -0.2) is 40.1 Å². The number of aliphatic carboxylic acids is 1. The second kappa shape index (κ2) is 6.13. The zero-order chi connectivity index (χ0) is 14.7. The number of carbonyl (C=O) groups is 2. The molecule has 6 heteroatoms. The van der Waals surface area contributed by atoms with Crippen LogP contribution in [0.5, 0.6) is 5.75 Å². The molecule has 0 saturated carbocycles. The predicted molar refractivity (Wildman–Crippen MR) is 74.0 cm³/mol. The summed E-state index contributed by atoms with van der Waals surface area (Å²) >= 11 is 5.80. The Hall–Kier alpha value is -1.75. The number of phenolic OH excluding ortho intramolecular Hbond substituents is 1. The molecule has 2 N–H and O–H groups in total. The van der Waals surface area contributed by atoms with E-state index in [9.17, 15) is 14.7 Å². The number of carbonyl (C=O) groups excluding carboxylic acids is 1. The number of hydrogen-bond acceptors (Lipinski definition) is 3. The van der Waals surface area contributed by atoms with Gasteiger partial charge in [-0.3, -0.25) is 9.59 Å². The number of nitrogens with zero attached hydrogens (tertiary/aromatic N) is 1. The van der Waals surface area contributed by atoms with E-state index in [1.54, 1.807) is 4.90 Å². The van der Waals surface area contributed by atoms with Crippen molar-refractivity contribution >= 4 is 23.5 Å². The first-order valence-corrected chi connectivity index (χ1v) is 6.84. The minimum absolute atomic E-state index is 0.00205. The van der Waals surface area contributed by atoms with Crippen molar-refractivity contribution in [1.82, 2.24) is 4.90 Å². The van der Waals surface area contributed by atoms with E-state index in [0.29, 0.717) is 18.7 Å². The molecule has 108 valence electrons. The van der Waals surface area contributed by atoms with Gasteiger partial charge in [-0.1, -0.05) is 11.6 Å². The Kier molecular flexibility index (Phi) is 4.49. The van der Waals surface area contributed by atoms with Crippen LogP contribution in [0.4, 0.5) is 0 Å². The van der Waals surface area contributed by atoms with E-state index in [1.165, 1.54) is 18.2 Å². The second-order valence-electron chi connectivity index (χ2n) is 5.02. The minimum atomic E-state index is -0.836. The van der Waals surface area contributed by atoms with Gasteiger partial charge in [-0.2, -0.15) is 0 Å². The molecule has 1 aliphatic rings. The SMILES string of the molecule is O=C(O)CC1CCCN(C(=O)c2ccc(O)c(Cl)c2)C1. The Labute approximate surface area is 121 Å². The van der Waals surface area contributed by atoms with Crippen LogP contribution < -0.4 is 0 Å². The fraction of sp³-hybridized carbons (Fsp3) is 0.429. The number of halogens is 1. The van der Waals surface area contributed by atoms with Crippen molar-refractivity contribution in [2.75, 3.05) is 13.1 Å². The third-order valence-electron chi connectivity index (χ3n) is 3.46. The molecule has 1 aliphatic heterocycles. The fourth-order valence-corrected chi connectivity index (χ4v) is 2.67. The number of piperidine rings is 1. The maximum atomic E-state index is 12.3. The first-order valence-electron chi connectivity index (χ1n) is 6.47. The highest BCUT2D eigenvalue weighted by Gasteiger charge is 2.26. The quantitative estimate of drug-likeness (QED) is 0.898. The van der Waals surface area contributed by atoms with Gasteiger partial charge >= 0.3 is 5.97 Å². The standard InChI is InChI=1S/C14H16ClNO4/c15-11-7-10(3-4-12(11)17)14(20)16-5-1-2-9(8-16)6-13(18)19/h3-4,7,9,17H,1-2,5-6,8H2,(H,18,19). The number of phenols is 1. The highest BCUT2D eigenvalue weighted by molar-refractivity contribution is 6.32. The lowest BCUT2D eigenvalue weighted by Crippen LogP contribution is -2.40. The van der Waals surface area contributed by atoms with E-state index in [-0.39, 0.29) is 29.0 Å². The van der Waals surface area contributed by atoms with Crippen LogP contribution in [0.15, 0.2) is 18.2 Å². The third kappa shape index (κ3) is 3.42. The Morgan fingerprint density at radius 2 is 2.15 bits per heavy atom. The summed E-state index contributed by atoms with van der Waals surface area (Å²) in [6, 6.07) is 4.33. The van der Waals surface area contributed by atoms with Crippen molar-refractivity contribution in [3.05, 3.63) is 28.8 Å². The highest BCUT2D eigenvalue weighted by atomic mass is 35.5. The fourth-order valence-electron chi connectivity index (χ4n) is 2.49. The molecule has 1 aromatic carbocycles. The Balaban J connectivity index is 2.08. The molecule has 2 rings (SSSR count). The van der Waals surface area contributed by atoms with Gasteiger partial charge in [0.25, 0.3) is 5.91 Å². The van der Waals surface area contributed by atoms with Crippen LogP contribution in [0.1, 0.15) is 29.6 Å². The highest BCUT2D eigenvalue weighted by Crippen LogP contribution is 2.26. The Bertz CT molecular complexity index is 532. The molecule has 1 saturated heterocycles. The number of aromatic hydroxyl groups is 1. The van der Waals surface area contributed by atoms with Crippen LogP contribution in [0.2, 0.25) is 5.02 Å². The van der Waals surface area contributed by atoms with Gasteiger partial charge in [-0.25, -0.2) is 0 Å². The number of carboxylic acid groups (broad SMARTS) is 1. The Morgan fingerprint density at radius 1 is 1.40 bits per heavy atom. The average Bonchev–Trinajstić information content (AvgIpc) is 2.40. The smallest absolute Gasteiger partial charge is 0.303 e. The number of rotatable bonds is 3. The first kappa shape index (κ1) is 14.7. The van der Waals surface area contributed by atoms with E-state index in [1.807, 2.05) is 0 Å². The summed E-state index contributed by atoms with van der Waals surface area (Å²) in [5.41, 5.74) is 0.406. The summed E-state index contributed by atoms with van der Waals surface area (Å²) in [6.07, 6.45) is 1.71. The summed E-state index contributed by atoms with van der Waals surface area (Å²) in [4.78, 5) is 24.7. The molecule has 1 fully saturated rings. The second-order valence-corrected chi connectivity index (χ2v) is 5.43. The molecule has 0 radical (unpaired) electrons. The van der Waals surface area contributed by atoms with Crippen molar-refractivity contribution in [3.63, 3.8) is 0 Å². The topological polar surface area (TPSA) is 77.8 Å². The zero-order valence-electron chi connectivity index (χ0n) is 10.9. The van der Waals surface area contributed by atoms with Gasteiger partial charge in [0.2, 0.25) is 0 Å². The van der Waals surface area contributed by atoms with E-state index < -0.39 is 5.97 Å². The molecule has 1 unspecified atom stereocenters. The van der Waals surface area contributed by atoms with Crippen LogP contribution in [0, 0.1) is 5.92 Å². The molecule has 0 spiro atoms. The molecule has 5 nitrogen and oxygen atoms in total. The third-order valence-corrected chi connectivity index (χ3v) is 3.77. The lowest BCUT2D eigenvalue weighted by Gasteiger charge is -2.32. The maximum Gasteiger partial charge on any atom is 0.303 e. The molecule has 0 aromatic heterocycles. The van der Waals surface area contributed by atoms with E-state index in [4.69, 9.17) is 16.7 Å². The monoisotopic (exact) mass is 297 g/mol. The summed E-state index contributed by atoms with van der Waals surface area (Å²) < 4.78 is 0. The average molecular weight is 298 g/mol. The number of benzene rings is 1. The van der Waals surface area contributed by atoms with Gasteiger partial charge in [0.05, 0.1) is 5.02 Å². The van der Waals surface area contributed by atoms with Crippen molar-refractivity contribution in [2.24, 2.45) is 5.92 Å². The summed E-state index contributed by atoms with van der Waals surface area (Å²) in [5, 5.41) is 18.3. The van der Waals surface area contributed by atoms with Crippen molar-refractivity contribution in [1.29, 1.82) is 0 Å². The van der Waals surface area contributed by atoms with Crippen LogP contribution in [0.25, 0.3) is 0 Å². The molecular formula is C14H16ClNO4. The lowest BCUT2D eigenvalue weighted by atomic mass is 9.94. The number of amides is 1. The Morgan fingerprint density at radius 3 is 2.80 bits per heavy atom. The minimum Gasteiger partial charge on any atom is -0.506 e. The van der Waals surface area contributed by atoms with E-state index in [2.05, 4.69) is 0 Å². The predicted octanol–water partition coefficient (Wildman–Crippen LogP) is 2.37. The largest absolute Gasteiger partial charge is 0.506 e. The first-order chi connectivity index (χ1) is 9.47. The molecule has 0 aliphatic carbocycles. The summed E-state index contributed by atoms with van der Waals surface area (Å²) in [5.74, 6) is -1.08. The molecule has 1 amide bonds. The van der Waals surface area contributed by atoms with Crippen LogP contribution >= 0.6 is 11.6 Å². The van der Waals surface area contributed by atoms with Gasteiger partial charge in [0.15, 0.2) is 0 Å². The molecule has 1 aromatic rings. The maximum absolute atomic E-state index is 12.3. The van der Waals surface area contributed by atoms with Crippen molar-refractivity contribution in [2.45, 2.75) is 19.3 Å². The number of carboxylic acids is 1. The lowest BCUT2D eigenvalue weighted by molar-refractivity contribution is -0.138.